The van der Waals surface area contributed by atoms with E-state index in [0.717, 1.165) is 54.5 Å². The van der Waals surface area contributed by atoms with E-state index in [9.17, 15) is 42.3 Å². The molecule has 0 spiro atoms. The minimum absolute atomic E-state index is 0.0115. The molecule has 9 N–H and O–H groups in total. The quantitative estimate of drug-likeness (QED) is 0.0502. The van der Waals surface area contributed by atoms with Crippen LogP contribution < -0.4 is 37.6 Å². The van der Waals surface area contributed by atoms with Crippen LogP contribution >= 0.6 is 34.0 Å². The van der Waals surface area contributed by atoms with Crippen molar-refractivity contribution >= 4 is 113 Å². The van der Waals surface area contributed by atoms with E-state index in [1.54, 1.807) is 56.8 Å². The van der Waals surface area contributed by atoms with Gasteiger partial charge in [-0.3, -0.25) is 24.5 Å². The number of aromatic carboxylic acids is 1. The number of aryl methyl sites for hydroxylation is 3. The number of carbonyl (C=O) groups excluding carboxylic acids is 4. The molecule has 99 heavy (non-hydrogen) atoms. The Morgan fingerprint density at radius 3 is 1.27 bits per heavy atom. The summed E-state index contributed by atoms with van der Waals surface area (Å²) in [4.78, 5) is 115. The largest absolute Gasteiger partial charge is 0.476 e. The molecular weight excluding hydrogens is 1340 g/mol. The molecule has 29 nitrogen and oxygen atoms in total. The summed E-state index contributed by atoms with van der Waals surface area (Å²) in [7, 11) is 0. The van der Waals surface area contributed by atoms with Crippen molar-refractivity contribution in [2.45, 2.75) is 150 Å². The fourth-order valence-electron chi connectivity index (χ4n) is 10.3. The second-order valence-corrected chi connectivity index (χ2v) is 29.2. The molecule has 1 unspecified atom stereocenters. The van der Waals surface area contributed by atoms with Gasteiger partial charge >= 0.3 is 18.2 Å². The molecule has 3 aliphatic rings. The summed E-state index contributed by atoms with van der Waals surface area (Å²) in [6.07, 6.45) is 9.58. The number of aromatic nitrogens is 12. The number of rotatable bonds is 14. The number of carboxylic acids is 1. The van der Waals surface area contributed by atoms with E-state index >= 15 is 0 Å². The summed E-state index contributed by atoms with van der Waals surface area (Å²) < 4.78 is 52.4. The number of nitrogens with one attached hydrogen (secondary N) is 6. The lowest BCUT2D eigenvalue weighted by atomic mass is 10.1. The molecule has 0 bridgehead atoms. The van der Waals surface area contributed by atoms with Gasteiger partial charge < -0.3 is 62.0 Å². The summed E-state index contributed by atoms with van der Waals surface area (Å²) in [5.74, 6) is -2.30. The van der Waals surface area contributed by atoms with Crippen LogP contribution in [0.15, 0.2) is 55.4 Å². The highest BCUT2D eigenvalue weighted by molar-refractivity contribution is 7.19. The van der Waals surface area contributed by atoms with Gasteiger partial charge in [0.1, 0.15) is 42.8 Å². The maximum Gasteiger partial charge on any atom is 0.407 e. The predicted octanol–water partition coefficient (Wildman–Crippen LogP) is 9.79. The first-order valence-electron chi connectivity index (χ1n) is 31.6. The lowest BCUT2D eigenvalue weighted by Gasteiger charge is -2.22. The Morgan fingerprint density at radius 2 is 0.919 bits per heavy atom. The fraction of sp³-hybridized carbons (Fsp3) is 0.453. The molecule has 9 aromatic heterocycles. The highest BCUT2D eigenvalue weighted by Gasteiger charge is 2.33. The number of hydrogen-bond donors (Lipinski definition) is 8. The smallest absolute Gasteiger partial charge is 0.407 e. The number of pyridine rings is 3. The van der Waals surface area contributed by atoms with Crippen molar-refractivity contribution in [1.29, 1.82) is 0 Å². The number of amides is 4. The first-order chi connectivity index (χ1) is 46.8. The summed E-state index contributed by atoms with van der Waals surface area (Å²) in [5.41, 5.74) is 8.47. The number of nitrogens with zero attached hydrogens (tertiary/aromatic N) is 14. The van der Waals surface area contributed by atoms with Crippen molar-refractivity contribution in [2.75, 3.05) is 55.2 Å². The molecule has 0 aromatic carbocycles. The van der Waals surface area contributed by atoms with Gasteiger partial charge in [-0.1, -0.05) is 0 Å². The Kier molecular flexibility index (Phi) is 23.8. The van der Waals surface area contributed by atoms with Gasteiger partial charge in [-0.15, -0.1) is 34.0 Å². The molecule has 0 radical (unpaired) electrons. The second kappa shape index (κ2) is 32.0. The maximum absolute atomic E-state index is 13.6. The van der Waals surface area contributed by atoms with Gasteiger partial charge in [-0.2, -0.15) is 15.0 Å². The highest BCUT2D eigenvalue weighted by Crippen LogP contribution is 2.31. The fourth-order valence-corrected chi connectivity index (χ4v) is 12.8. The van der Waals surface area contributed by atoms with E-state index < -0.39 is 40.7 Å². The standard InChI is InChI=1S/C23H28FN7O3S.C18H20FN7OS.C14H12FN5O2S.C9H18N2O2/c1-12(14-8-15(24)10-25-9-14)26-21-29-17(18-19(30-21)27-13(2)35-18)20(32)31-7-6-16(11-31)28-22(33)34-23(3,4)5;1-9(11-5-12(19)7-21-6-11)22-18-24-14(15-16(25-18)23-10(2)28-15)17(27)26-4-3-13(20)8-26;1-6(8-3-9(15)5-16-4-8)17-14-19-10(13(21)22)11-12(20-14)18-7(2)23-11;1-9(2,3)13-8(12)11-7-4-5-10-6-7/h8-10,12,16H,6-7,11H2,1-5H3,(H,28,33)(H,26,29,30);5-7,9,13H,3-4,8,20H2,1-2H3,(H,22,24,25);3-6H,1-2H3,(H,21,22)(H,17,19,20);7,10H,4-6H2,1-3H3,(H,11,12)/t12-,16-;9-,13-;6-;/m000./s1. The Labute approximate surface area is 579 Å². The third-order valence-electron chi connectivity index (χ3n) is 14.9. The molecule has 12 rings (SSSR count). The second-order valence-electron chi connectivity index (χ2n) is 25.6. The molecule has 4 amide bonds. The number of carboxylic acid groups (broad SMARTS) is 1. The average Bonchev–Trinajstić information content (AvgIpc) is 1.68. The number of anilines is 3. The zero-order chi connectivity index (χ0) is 71.6. The van der Waals surface area contributed by atoms with Crippen molar-refractivity contribution in [3.05, 3.63) is 122 Å². The Balaban J connectivity index is 0.000000162. The maximum atomic E-state index is 13.6. The number of ether oxygens (including phenoxy) is 2. The van der Waals surface area contributed by atoms with Gasteiger partial charge in [-0.25, -0.2) is 57.5 Å². The SMILES string of the molecule is CC(C)(C)OC(=O)NC1CCNC1.Cc1nc2nc(N[C@@H](C)c3cncc(F)c3)nc(C(=O)N3CC[C@H](N)C3)c2s1.Cc1nc2nc(N[C@@H](C)c3cncc(F)c3)nc(C(=O)N3CC[C@H](NC(=O)OC(C)(C)C)C3)c2s1.Cc1nc2nc(N[C@@H](C)c3cncc(F)c3)nc(C(=O)O)c2s1. The molecule has 3 fully saturated rings. The molecule has 12 heterocycles. The van der Waals surface area contributed by atoms with Crippen LogP contribution in [0, 0.1) is 38.2 Å². The van der Waals surface area contributed by atoms with Crippen LogP contribution in [0.1, 0.15) is 163 Å². The zero-order valence-corrected chi connectivity index (χ0v) is 59.0. The minimum Gasteiger partial charge on any atom is -0.476 e. The van der Waals surface area contributed by atoms with Crippen LogP contribution in [-0.2, 0) is 9.47 Å². The number of alkyl carbamates (subject to hydrolysis) is 2. The highest BCUT2D eigenvalue weighted by atomic mass is 32.1. The van der Waals surface area contributed by atoms with Crippen LogP contribution in [0.2, 0.25) is 0 Å². The van der Waals surface area contributed by atoms with E-state index in [0.29, 0.717) is 91.0 Å². The van der Waals surface area contributed by atoms with Crippen LogP contribution in [0.25, 0.3) is 31.0 Å². The Hall–Kier alpha value is -9.58. The number of thiazole rings is 3. The van der Waals surface area contributed by atoms with Crippen molar-refractivity contribution in [1.82, 2.24) is 85.6 Å². The normalized spacial score (nSPS) is 16.9. The van der Waals surface area contributed by atoms with Gasteiger partial charge in [0.15, 0.2) is 34.0 Å². The predicted molar refractivity (Wildman–Crippen MR) is 368 cm³/mol. The van der Waals surface area contributed by atoms with Crippen molar-refractivity contribution < 1.29 is 51.7 Å². The van der Waals surface area contributed by atoms with Crippen molar-refractivity contribution in [3.63, 3.8) is 0 Å². The lowest BCUT2D eigenvalue weighted by Crippen LogP contribution is -2.41. The zero-order valence-electron chi connectivity index (χ0n) is 56.5. The van der Waals surface area contributed by atoms with E-state index in [4.69, 9.17) is 15.2 Å². The minimum atomic E-state index is -1.15. The first-order valence-corrected chi connectivity index (χ1v) is 34.1. The van der Waals surface area contributed by atoms with Gasteiger partial charge in [0.05, 0.1) is 57.8 Å². The third kappa shape index (κ3) is 20.5. The molecule has 9 aromatic rings. The van der Waals surface area contributed by atoms with E-state index in [2.05, 4.69) is 91.7 Å². The molecule has 3 aliphatic heterocycles. The van der Waals surface area contributed by atoms with Crippen LogP contribution in [-0.4, -0.2) is 173 Å². The molecule has 35 heteroatoms. The topological polar surface area (TPSA) is 383 Å². The number of hydrogen-bond acceptors (Lipinski definition) is 27. The van der Waals surface area contributed by atoms with Crippen LogP contribution in [0.4, 0.5) is 40.6 Å². The number of fused-ring (bicyclic) bond motifs is 3. The average molecular weight is 1420 g/mol. The first kappa shape index (κ1) is 73.7. The third-order valence-corrected chi connectivity index (χ3v) is 17.8. The Morgan fingerprint density at radius 1 is 0.545 bits per heavy atom. The monoisotopic (exact) mass is 1420 g/mol. The van der Waals surface area contributed by atoms with E-state index in [-0.39, 0.29) is 83.4 Å². The van der Waals surface area contributed by atoms with Gasteiger partial charge in [0.25, 0.3) is 11.8 Å². The lowest BCUT2D eigenvalue weighted by molar-refractivity contribution is 0.0494. The summed E-state index contributed by atoms with van der Waals surface area (Å²) >= 11 is 3.97. The summed E-state index contributed by atoms with van der Waals surface area (Å²) in [6.45, 7) is 25.6. The van der Waals surface area contributed by atoms with Gasteiger partial charge in [-0.05, 0) is 144 Å². The number of nitrogens with two attached hydrogens (primary N) is 1. The number of likely N-dealkylation sites (tertiary alicyclic amines) is 2. The Bertz CT molecular complexity index is 4390. The molecule has 0 aliphatic carbocycles. The van der Waals surface area contributed by atoms with Crippen LogP contribution in [0.3, 0.4) is 0 Å². The molecule has 0 saturated carbocycles. The summed E-state index contributed by atoms with van der Waals surface area (Å²) in [5, 5.41) is 29.6. The molecule has 3 saturated heterocycles. The van der Waals surface area contributed by atoms with E-state index in [1.807, 2.05) is 48.5 Å². The van der Waals surface area contributed by atoms with Crippen molar-refractivity contribution in [2.24, 2.45) is 5.73 Å². The number of halogens is 3. The molecule has 6 atom stereocenters. The van der Waals surface area contributed by atoms with E-state index in [1.165, 1.54) is 58.4 Å². The molecule has 526 valence electrons. The number of carbonyl (C=O) groups is 5. The van der Waals surface area contributed by atoms with Gasteiger partial charge in [0.2, 0.25) is 17.8 Å². The van der Waals surface area contributed by atoms with Crippen molar-refractivity contribution in [3.8, 4) is 0 Å². The van der Waals surface area contributed by atoms with Crippen LogP contribution in [0.5, 0.6) is 0 Å². The van der Waals surface area contributed by atoms with Gasteiger partial charge in [0, 0.05) is 63.4 Å². The molecular formula is C64H78F3N21O8S3. The summed E-state index contributed by atoms with van der Waals surface area (Å²) in [6, 6.07) is 3.12.